The van der Waals surface area contributed by atoms with Gasteiger partial charge in [0.15, 0.2) is 0 Å². The van der Waals surface area contributed by atoms with Crippen LogP contribution < -0.4 is 0 Å². The normalized spacial score (nSPS) is 27.7. The molecule has 2 aliphatic rings. The second kappa shape index (κ2) is 3.89. The summed E-state index contributed by atoms with van der Waals surface area (Å²) in [7, 11) is 0. The molecular weight excluding hydrogens is 239 g/mol. The highest BCUT2D eigenvalue weighted by Gasteiger charge is 2.53. The predicted octanol–water partition coefficient (Wildman–Crippen LogP) is 1.26. The molecule has 96 valence electrons. The molecule has 0 saturated heterocycles. The highest BCUT2D eigenvalue weighted by Crippen LogP contribution is 2.42. The number of hydrogen-bond donors (Lipinski definition) is 1. The molecule has 0 aliphatic heterocycles. The summed E-state index contributed by atoms with van der Waals surface area (Å²) >= 11 is 0. The standard InChI is InChI=1S/C10H12F3NO3/c11-10(12,13)4-14(5-1-2-5)8(15)6-3-7(6)9(16)17/h5-7H,1-4H2,(H,16,17)/t6-,7+/m1/s1. The van der Waals surface area contributed by atoms with Gasteiger partial charge in [0.1, 0.15) is 6.54 Å². The minimum atomic E-state index is -4.42. The van der Waals surface area contributed by atoms with Crippen LogP contribution in [-0.2, 0) is 9.59 Å². The number of aliphatic carboxylic acids is 1. The third-order valence-corrected chi connectivity index (χ3v) is 3.05. The molecule has 7 heteroatoms. The van der Waals surface area contributed by atoms with Crippen molar-refractivity contribution in [2.75, 3.05) is 6.54 Å². The lowest BCUT2D eigenvalue weighted by Crippen LogP contribution is -2.41. The maximum atomic E-state index is 12.3. The summed E-state index contributed by atoms with van der Waals surface area (Å²) in [5.74, 6) is -3.31. The minimum absolute atomic E-state index is 0.162. The summed E-state index contributed by atoms with van der Waals surface area (Å²) in [5.41, 5.74) is 0. The van der Waals surface area contributed by atoms with E-state index in [1.165, 1.54) is 0 Å². The van der Waals surface area contributed by atoms with Crippen LogP contribution in [0, 0.1) is 11.8 Å². The van der Waals surface area contributed by atoms with Crippen LogP contribution in [0.1, 0.15) is 19.3 Å². The van der Waals surface area contributed by atoms with E-state index in [4.69, 9.17) is 5.11 Å². The molecule has 2 aliphatic carbocycles. The molecule has 0 aromatic carbocycles. The second-order valence-corrected chi connectivity index (χ2v) is 4.60. The molecule has 0 spiro atoms. The lowest BCUT2D eigenvalue weighted by molar-refractivity contribution is -0.163. The zero-order chi connectivity index (χ0) is 12.8. The number of rotatable bonds is 4. The fourth-order valence-electron chi connectivity index (χ4n) is 1.92. The average Bonchev–Trinajstić information content (AvgIpc) is 3.00. The number of hydrogen-bond acceptors (Lipinski definition) is 2. The van der Waals surface area contributed by atoms with Gasteiger partial charge in [-0.05, 0) is 19.3 Å². The highest BCUT2D eigenvalue weighted by atomic mass is 19.4. The highest BCUT2D eigenvalue weighted by molar-refractivity contribution is 5.89. The monoisotopic (exact) mass is 251 g/mol. The van der Waals surface area contributed by atoms with Gasteiger partial charge < -0.3 is 10.0 Å². The van der Waals surface area contributed by atoms with E-state index < -0.39 is 36.4 Å². The van der Waals surface area contributed by atoms with Crippen LogP contribution >= 0.6 is 0 Å². The van der Waals surface area contributed by atoms with Crippen LogP contribution in [0.2, 0.25) is 0 Å². The number of carboxylic acids is 1. The van der Waals surface area contributed by atoms with Crippen molar-refractivity contribution in [1.29, 1.82) is 0 Å². The van der Waals surface area contributed by atoms with Crippen molar-refractivity contribution in [3.63, 3.8) is 0 Å². The smallest absolute Gasteiger partial charge is 0.406 e. The Balaban J connectivity index is 1.97. The van der Waals surface area contributed by atoms with Crippen LogP contribution in [0.5, 0.6) is 0 Å². The Morgan fingerprint density at radius 3 is 2.18 bits per heavy atom. The molecule has 0 radical (unpaired) electrons. The van der Waals surface area contributed by atoms with E-state index in [2.05, 4.69) is 0 Å². The summed E-state index contributed by atoms with van der Waals surface area (Å²) < 4.78 is 36.9. The average molecular weight is 251 g/mol. The van der Waals surface area contributed by atoms with E-state index in [9.17, 15) is 22.8 Å². The molecule has 17 heavy (non-hydrogen) atoms. The van der Waals surface area contributed by atoms with Crippen molar-refractivity contribution in [2.45, 2.75) is 31.5 Å². The first-order valence-electron chi connectivity index (χ1n) is 5.39. The predicted molar refractivity (Wildman–Crippen MR) is 50.0 cm³/mol. The van der Waals surface area contributed by atoms with E-state index in [1.54, 1.807) is 0 Å². The Labute approximate surface area is 95.4 Å². The number of alkyl halides is 3. The number of amides is 1. The number of carbonyl (C=O) groups excluding carboxylic acids is 1. The van der Waals surface area contributed by atoms with Gasteiger partial charge >= 0.3 is 12.1 Å². The zero-order valence-electron chi connectivity index (χ0n) is 8.91. The van der Waals surface area contributed by atoms with Crippen LogP contribution in [0.25, 0.3) is 0 Å². The fourth-order valence-corrected chi connectivity index (χ4v) is 1.92. The third-order valence-electron chi connectivity index (χ3n) is 3.05. The molecule has 2 rings (SSSR count). The quantitative estimate of drug-likeness (QED) is 0.818. The maximum absolute atomic E-state index is 12.3. The first-order chi connectivity index (χ1) is 7.79. The Bertz CT molecular complexity index is 351. The Hall–Kier alpha value is -1.27. The Kier molecular flexibility index (Phi) is 2.79. The van der Waals surface area contributed by atoms with Gasteiger partial charge in [-0.1, -0.05) is 0 Å². The third kappa shape index (κ3) is 2.89. The first-order valence-corrected chi connectivity index (χ1v) is 5.39. The molecule has 0 aromatic rings. The van der Waals surface area contributed by atoms with Crippen LogP contribution in [-0.4, -0.2) is 40.6 Å². The largest absolute Gasteiger partial charge is 0.481 e. The van der Waals surface area contributed by atoms with Crippen molar-refractivity contribution >= 4 is 11.9 Å². The first kappa shape index (κ1) is 12.2. The Morgan fingerprint density at radius 1 is 1.24 bits per heavy atom. The molecule has 1 amide bonds. The van der Waals surface area contributed by atoms with Gasteiger partial charge in [0, 0.05) is 6.04 Å². The lowest BCUT2D eigenvalue weighted by Gasteiger charge is -2.23. The van der Waals surface area contributed by atoms with E-state index >= 15 is 0 Å². The summed E-state index contributed by atoms with van der Waals surface area (Å²) in [6.45, 7) is -1.26. The van der Waals surface area contributed by atoms with E-state index in [1.807, 2.05) is 0 Å². The van der Waals surface area contributed by atoms with Crippen molar-refractivity contribution in [3.8, 4) is 0 Å². The molecule has 0 heterocycles. The van der Waals surface area contributed by atoms with E-state index in [0.717, 1.165) is 4.90 Å². The molecule has 4 nitrogen and oxygen atoms in total. The molecule has 2 fully saturated rings. The topological polar surface area (TPSA) is 57.6 Å². The number of carboxylic acid groups (broad SMARTS) is 1. The maximum Gasteiger partial charge on any atom is 0.406 e. The van der Waals surface area contributed by atoms with Crippen molar-refractivity contribution < 1.29 is 27.9 Å². The molecule has 2 saturated carbocycles. The molecule has 0 unspecified atom stereocenters. The Morgan fingerprint density at radius 2 is 1.82 bits per heavy atom. The van der Waals surface area contributed by atoms with Crippen molar-refractivity contribution in [2.24, 2.45) is 11.8 Å². The van der Waals surface area contributed by atoms with Crippen LogP contribution in [0.15, 0.2) is 0 Å². The SMILES string of the molecule is O=C(O)[C@H]1C[C@H]1C(=O)N(CC(F)(F)F)C1CC1. The van der Waals surface area contributed by atoms with Gasteiger partial charge in [-0.2, -0.15) is 13.2 Å². The number of carbonyl (C=O) groups is 2. The molecule has 2 atom stereocenters. The van der Waals surface area contributed by atoms with Gasteiger partial charge in [-0.15, -0.1) is 0 Å². The summed E-state index contributed by atoms with van der Waals surface area (Å²) in [5, 5.41) is 8.65. The van der Waals surface area contributed by atoms with Crippen molar-refractivity contribution in [3.05, 3.63) is 0 Å². The van der Waals surface area contributed by atoms with Gasteiger partial charge in [-0.3, -0.25) is 9.59 Å². The van der Waals surface area contributed by atoms with Crippen LogP contribution in [0.4, 0.5) is 13.2 Å². The fraction of sp³-hybridized carbons (Fsp3) is 0.800. The van der Waals surface area contributed by atoms with Gasteiger partial charge in [0.05, 0.1) is 11.8 Å². The number of nitrogens with zero attached hydrogens (tertiary/aromatic N) is 1. The lowest BCUT2D eigenvalue weighted by atomic mass is 10.2. The minimum Gasteiger partial charge on any atom is -0.481 e. The zero-order valence-corrected chi connectivity index (χ0v) is 8.91. The van der Waals surface area contributed by atoms with Gasteiger partial charge in [0.2, 0.25) is 5.91 Å². The molecule has 0 bridgehead atoms. The molecular formula is C10H12F3NO3. The second-order valence-electron chi connectivity index (χ2n) is 4.60. The molecule has 0 aromatic heterocycles. The van der Waals surface area contributed by atoms with Gasteiger partial charge in [-0.25, -0.2) is 0 Å². The summed E-state index contributed by atoms with van der Waals surface area (Å²) in [6, 6.07) is -0.348. The number of halogens is 3. The molecule has 1 N–H and O–H groups in total. The van der Waals surface area contributed by atoms with Crippen LogP contribution in [0.3, 0.4) is 0 Å². The van der Waals surface area contributed by atoms with E-state index in [-0.39, 0.29) is 12.5 Å². The summed E-state index contributed by atoms with van der Waals surface area (Å²) in [6.07, 6.45) is -3.11. The summed E-state index contributed by atoms with van der Waals surface area (Å²) in [4.78, 5) is 23.1. The van der Waals surface area contributed by atoms with E-state index in [0.29, 0.717) is 12.8 Å². The van der Waals surface area contributed by atoms with Gasteiger partial charge in [0.25, 0.3) is 0 Å². The van der Waals surface area contributed by atoms with Crippen molar-refractivity contribution in [1.82, 2.24) is 4.90 Å².